The van der Waals surface area contributed by atoms with Crippen LogP contribution in [0.4, 0.5) is 5.69 Å². The lowest BCUT2D eigenvalue weighted by molar-refractivity contribution is 0.0698. The average Bonchev–Trinajstić information content (AvgIpc) is 2.31. The van der Waals surface area contributed by atoms with E-state index in [1.54, 1.807) is 6.07 Å². The van der Waals surface area contributed by atoms with E-state index in [1.807, 2.05) is 22.6 Å². The van der Waals surface area contributed by atoms with Gasteiger partial charge in [0.05, 0.1) is 17.0 Å². The summed E-state index contributed by atoms with van der Waals surface area (Å²) in [6.07, 6.45) is 0.346. The van der Waals surface area contributed by atoms with Crippen molar-refractivity contribution in [1.29, 1.82) is 0 Å². The minimum Gasteiger partial charge on any atom is -0.478 e. The third-order valence-electron chi connectivity index (χ3n) is 2.24. The zero-order valence-corrected chi connectivity index (χ0v) is 13.2. The molecule has 2 N–H and O–H groups in total. The fourth-order valence-corrected chi connectivity index (χ4v) is 3.00. The standard InChI is InChI=1S/C11H14INO5S/c1-18-5-2-6-19(16,17)13-10-4-3-8(12)7-9(10)11(14)15/h3-4,7,13H,2,5-6H2,1H3,(H,14,15). The second-order valence-corrected chi connectivity index (χ2v) is 6.85. The predicted octanol–water partition coefficient (Wildman–Crippen LogP) is 1.77. The number of hydrogen-bond donors (Lipinski definition) is 2. The Labute approximate surface area is 125 Å². The Morgan fingerprint density at radius 2 is 2.16 bits per heavy atom. The van der Waals surface area contributed by atoms with Crippen LogP contribution in [0.25, 0.3) is 0 Å². The van der Waals surface area contributed by atoms with E-state index in [-0.39, 0.29) is 17.0 Å². The van der Waals surface area contributed by atoms with Crippen molar-refractivity contribution in [1.82, 2.24) is 0 Å². The van der Waals surface area contributed by atoms with Crippen LogP contribution in [0, 0.1) is 3.57 Å². The van der Waals surface area contributed by atoms with Crippen molar-refractivity contribution in [2.24, 2.45) is 0 Å². The molecule has 0 unspecified atom stereocenters. The van der Waals surface area contributed by atoms with E-state index in [4.69, 9.17) is 9.84 Å². The van der Waals surface area contributed by atoms with E-state index in [0.29, 0.717) is 13.0 Å². The number of halogens is 1. The third kappa shape index (κ3) is 5.33. The lowest BCUT2D eigenvalue weighted by Gasteiger charge is -2.10. The summed E-state index contributed by atoms with van der Waals surface area (Å²) >= 11 is 1.96. The van der Waals surface area contributed by atoms with E-state index < -0.39 is 16.0 Å². The van der Waals surface area contributed by atoms with Crippen molar-refractivity contribution in [3.8, 4) is 0 Å². The van der Waals surface area contributed by atoms with Gasteiger partial charge in [-0.3, -0.25) is 4.72 Å². The zero-order chi connectivity index (χ0) is 14.5. The van der Waals surface area contributed by atoms with Gasteiger partial charge in [-0.15, -0.1) is 0 Å². The van der Waals surface area contributed by atoms with Crippen molar-refractivity contribution in [2.45, 2.75) is 6.42 Å². The normalized spacial score (nSPS) is 11.3. The maximum absolute atomic E-state index is 11.8. The number of carbonyl (C=O) groups is 1. The summed E-state index contributed by atoms with van der Waals surface area (Å²) in [5.41, 5.74) is 0.00699. The van der Waals surface area contributed by atoms with Gasteiger partial charge in [-0.2, -0.15) is 0 Å². The summed E-state index contributed by atoms with van der Waals surface area (Å²) in [5.74, 6) is -1.29. The SMILES string of the molecule is COCCCS(=O)(=O)Nc1ccc(I)cc1C(=O)O. The highest BCUT2D eigenvalue weighted by Crippen LogP contribution is 2.20. The average molecular weight is 399 g/mol. The van der Waals surface area contributed by atoms with Crippen molar-refractivity contribution in [2.75, 3.05) is 24.2 Å². The van der Waals surface area contributed by atoms with E-state index in [2.05, 4.69) is 4.72 Å². The second kappa shape index (κ2) is 7.06. The molecule has 6 nitrogen and oxygen atoms in total. The number of carboxylic acid groups (broad SMARTS) is 1. The molecule has 0 radical (unpaired) electrons. The molecule has 0 aromatic heterocycles. The Kier molecular flexibility index (Phi) is 6.01. The fraction of sp³-hybridized carbons (Fsp3) is 0.364. The first kappa shape index (κ1) is 16.2. The van der Waals surface area contributed by atoms with Gasteiger partial charge in [-0.1, -0.05) is 0 Å². The molecule has 1 aromatic carbocycles. The maximum Gasteiger partial charge on any atom is 0.337 e. The number of nitrogens with one attached hydrogen (secondary N) is 1. The third-order valence-corrected chi connectivity index (χ3v) is 4.27. The minimum atomic E-state index is -3.57. The number of benzene rings is 1. The number of ether oxygens (including phenoxy) is 1. The Morgan fingerprint density at radius 1 is 1.47 bits per heavy atom. The number of carboxylic acids is 1. The molecule has 0 saturated heterocycles. The zero-order valence-electron chi connectivity index (χ0n) is 10.2. The van der Waals surface area contributed by atoms with Crippen LogP contribution in [0.15, 0.2) is 18.2 Å². The quantitative estimate of drug-likeness (QED) is 0.539. The molecule has 0 aliphatic rings. The van der Waals surface area contributed by atoms with Crippen LogP contribution in [-0.2, 0) is 14.8 Å². The van der Waals surface area contributed by atoms with Gasteiger partial charge in [0.25, 0.3) is 0 Å². The van der Waals surface area contributed by atoms with Crippen LogP contribution < -0.4 is 4.72 Å². The molecule has 106 valence electrons. The summed E-state index contributed by atoms with van der Waals surface area (Å²) < 4.78 is 31.3. The van der Waals surface area contributed by atoms with Crippen LogP contribution in [0.2, 0.25) is 0 Å². The highest BCUT2D eigenvalue weighted by atomic mass is 127. The molecule has 0 fully saturated rings. The first-order valence-electron chi connectivity index (χ1n) is 5.38. The minimum absolute atomic E-state index is 0.0674. The molecule has 8 heteroatoms. The Bertz CT molecular complexity index is 558. The Balaban J connectivity index is 2.90. The predicted molar refractivity (Wildman–Crippen MR) is 80.0 cm³/mol. The van der Waals surface area contributed by atoms with Gasteiger partial charge in [0.1, 0.15) is 0 Å². The van der Waals surface area contributed by atoms with Gasteiger partial charge in [0, 0.05) is 17.3 Å². The number of aromatic carboxylic acids is 1. The number of sulfonamides is 1. The second-order valence-electron chi connectivity index (χ2n) is 3.76. The molecule has 0 saturated carbocycles. The van der Waals surface area contributed by atoms with Crippen molar-refractivity contribution in [3.63, 3.8) is 0 Å². The first-order valence-corrected chi connectivity index (χ1v) is 8.11. The molecule has 0 heterocycles. The molecule has 0 amide bonds. The summed E-state index contributed by atoms with van der Waals surface area (Å²) in [5, 5.41) is 9.04. The lowest BCUT2D eigenvalue weighted by Crippen LogP contribution is -2.19. The monoisotopic (exact) mass is 399 g/mol. The molecule has 1 aromatic rings. The smallest absolute Gasteiger partial charge is 0.337 e. The number of anilines is 1. The van der Waals surface area contributed by atoms with Crippen molar-refractivity contribution in [3.05, 3.63) is 27.3 Å². The lowest BCUT2D eigenvalue weighted by atomic mass is 10.2. The summed E-state index contributed by atoms with van der Waals surface area (Å²) in [6.45, 7) is 0.333. The van der Waals surface area contributed by atoms with Gasteiger partial charge in [0.2, 0.25) is 10.0 Å². The molecule has 0 bridgehead atoms. The van der Waals surface area contributed by atoms with Gasteiger partial charge in [-0.05, 0) is 47.2 Å². The van der Waals surface area contributed by atoms with Gasteiger partial charge in [0.15, 0.2) is 0 Å². The summed E-state index contributed by atoms with van der Waals surface area (Å²) in [7, 11) is -2.08. The molecule has 0 spiro atoms. The van der Waals surface area contributed by atoms with E-state index in [0.717, 1.165) is 3.57 Å². The number of rotatable bonds is 7. The van der Waals surface area contributed by atoms with Crippen molar-refractivity contribution < 1.29 is 23.1 Å². The van der Waals surface area contributed by atoms with Crippen LogP contribution in [-0.4, -0.2) is 39.0 Å². The molecule has 19 heavy (non-hydrogen) atoms. The summed E-state index contributed by atoms with van der Waals surface area (Å²) in [4.78, 5) is 11.1. The highest BCUT2D eigenvalue weighted by Gasteiger charge is 2.16. The first-order chi connectivity index (χ1) is 8.85. The van der Waals surface area contributed by atoms with Crippen LogP contribution in [0.1, 0.15) is 16.8 Å². The van der Waals surface area contributed by atoms with Gasteiger partial charge in [-0.25, -0.2) is 13.2 Å². The number of methoxy groups -OCH3 is 1. The van der Waals surface area contributed by atoms with E-state index in [9.17, 15) is 13.2 Å². The van der Waals surface area contributed by atoms with E-state index >= 15 is 0 Å². The van der Waals surface area contributed by atoms with E-state index in [1.165, 1.54) is 19.2 Å². The van der Waals surface area contributed by atoms with Gasteiger partial charge >= 0.3 is 5.97 Å². The Morgan fingerprint density at radius 3 is 2.74 bits per heavy atom. The molecular formula is C11H14INO5S. The Hall–Kier alpha value is -0.870. The van der Waals surface area contributed by atoms with Crippen molar-refractivity contribution >= 4 is 44.3 Å². The fourth-order valence-electron chi connectivity index (χ4n) is 1.39. The molecule has 1 rings (SSSR count). The highest BCUT2D eigenvalue weighted by molar-refractivity contribution is 14.1. The van der Waals surface area contributed by atoms with Crippen LogP contribution in [0.5, 0.6) is 0 Å². The number of hydrogen-bond acceptors (Lipinski definition) is 4. The van der Waals surface area contributed by atoms with Crippen LogP contribution in [0.3, 0.4) is 0 Å². The summed E-state index contributed by atoms with van der Waals surface area (Å²) in [6, 6.07) is 4.50. The molecule has 0 aliphatic carbocycles. The topological polar surface area (TPSA) is 92.7 Å². The molecular weight excluding hydrogens is 385 g/mol. The van der Waals surface area contributed by atoms with Crippen LogP contribution >= 0.6 is 22.6 Å². The maximum atomic E-state index is 11.8. The largest absolute Gasteiger partial charge is 0.478 e. The molecule has 0 aliphatic heterocycles. The van der Waals surface area contributed by atoms with Gasteiger partial charge < -0.3 is 9.84 Å². The molecule has 0 atom stereocenters.